The number of nitrogens with two attached hydrogens (primary N) is 1. The monoisotopic (exact) mass is 273 g/mol. The fraction of sp³-hybridized carbons (Fsp3) is 0.462. The Kier molecular flexibility index (Phi) is 3.15. The fourth-order valence-corrected chi connectivity index (χ4v) is 2.44. The molecular weight excluding hydrogens is 254 g/mol. The van der Waals surface area contributed by atoms with E-state index < -0.39 is 0 Å². The van der Waals surface area contributed by atoms with Crippen LogP contribution in [0.4, 0.5) is 11.6 Å². The van der Waals surface area contributed by atoms with Gasteiger partial charge in [-0.15, -0.1) is 0 Å². The molecule has 0 bridgehead atoms. The molecule has 1 aliphatic heterocycles. The lowest BCUT2D eigenvalue weighted by Gasteiger charge is -2.26. The molecule has 3 rings (SSSR count). The third-order valence-corrected chi connectivity index (χ3v) is 3.80. The maximum Gasteiger partial charge on any atom is 0.139 e. The highest BCUT2D eigenvalue weighted by atomic mass is 15.2. The van der Waals surface area contributed by atoms with Gasteiger partial charge < -0.3 is 16.4 Å². The van der Waals surface area contributed by atoms with Gasteiger partial charge in [-0.05, 0) is 13.8 Å². The van der Waals surface area contributed by atoms with Crippen molar-refractivity contribution < 1.29 is 0 Å². The lowest BCUT2D eigenvalue weighted by Crippen LogP contribution is -2.43. The van der Waals surface area contributed by atoms with Crippen LogP contribution < -0.4 is 16.4 Å². The molecule has 20 heavy (non-hydrogen) atoms. The molecule has 2 aromatic heterocycles. The SMILES string of the molecule is Cc1cc(Nc2ccn[nH]2)nc([C@]2(C)CNC[C@H]2N)n1. The van der Waals surface area contributed by atoms with Gasteiger partial charge in [0, 0.05) is 37.0 Å². The second kappa shape index (κ2) is 4.84. The van der Waals surface area contributed by atoms with Crippen molar-refractivity contribution >= 4 is 11.6 Å². The molecule has 2 aromatic rings. The molecule has 1 saturated heterocycles. The minimum absolute atomic E-state index is 0.0179. The van der Waals surface area contributed by atoms with Gasteiger partial charge >= 0.3 is 0 Å². The minimum Gasteiger partial charge on any atom is -0.326 e. The molecule has 7 nitrogen and oxygen atoms in total. The van der Waals surface area contributed by atoms with Gasteiger partial charge in [0.05, 0.1) is 11.6 Å². The Morgan fingerprint density at radius 3 is 2.95 bits per heavy atom. The highest BCUT2D eigenvalue weighted by molar-refractivity contribution is 5.51. The molecule has 5 N–H and O–H groups in total. The predicted octanol–water partition coefficient (Wildman–Crippen LogP) is 0.440. The highest BCUT2D eigenvalue weighted by Crippen LogP contribution is 2.28. The number of nitrogens with one attached hydrogen (secondary N) is 3. The summed E-state index contributed by atoms with van der Waals surface area (Å²) in [6.07, 6.45) is 1.69. The maximum atomic E-state index is 6.20. The molecule has 2 atom stereocenters. The van der Waals surface area contributed by atoms with Crippen molar-refractivity contribution in [1.29, 1.82) is 0 Å². The molecule has 0 aliphatic carbocycles. The van der Waals surface area contributed by atoms with E-state index in [-0.39, 0.29) is 11.5 Å². The van der Waals surface area contributed by atoms with Crippen molar-refractivity contribution in [2.75, 3.05) is 18.4 Å². The molecule has 106 valence electrons. The van der Waals surface area contributed by atoms with Gasteiger partial charge in [-0.3, -0.25) is 5.10 Å². The average molecular weight is 273 g/mol. The molecule has 0 amide bonds. The van der Waals surface area contributed by atoms with E-state index in [9.17, 15) is 0 Å². The van der Waals surface area contributed by atoms with E-state index >= 15 is 0 Å². The normalized spacial score (nSPS) is 25.9. The molecule has 0 aromatic carbocycles. The Morgan fingerprint density at radius 2 is 2.30 bits per heavy atom. The molecule has 0 unspecified atom stereocenters. The molecule has 1 aliphatic rings. The van der Waals surface area contributed by atoms with Crippen LogP contribution in [-0.4, -0.2) is 39.3 Å². The van der Waals surface area contributed by atoms with Crippen LogP contribution in [0, 0.1) is 6.92 Å². The van der Waals surface area contributed by atoms with Gasteiger partial charge in [-0.25, -0.2) is 9.97 Å². The second-order valence-corrected chi connectivity index (χ2v) is 5.47. The van der Waals surface area contributed by atoms with Crippen molar-refractivity contribution in [1.82, 2.24) is 25.5 Å². The zero-order chi connectivity index (χ0) is 14.2. The largest absolute Gasteiger partial charge is 0.326 e. The topological polar surface area (TPSA) is 105 Å². The Balaban J connectivity index is 1.94. The van der Waals surface area contributed by atoms with Gasteiger partial charge in [0.15, 0.2) is 0 Å². The van der Waals surface area contributed by atoms with Crippen LogP contribution in [0.25, 0.3) is 0 Å². The van der Waals surface area contributed by atoms with E-state index in [1.807, 2.05) is 19.1 Å². The number of rotatable bonds is 3. The third-order valence-electron chi connectivity index (χ3n) is 3.80. The smallest absolute Gasteiger partial charge is 0.139 e. The first kappa shape index (κ1) is 13.0. The van der Waals surface area contributed by atoms with Gasteiger partial charge in [-0.2, -0.15) is 5.10 Å². The molecule has 0 radical (unpaired) electrons. The van der Waals surface area contributed by atoms with Crippen LogP contribution in [0.3, 0.4) is 0 Å². The lowest BCUT2D eigenvalue weighted by atomic mass is 9.84. The summed E-state index contributed by atoms with van der Waals surface area (Å²) in [7, 11) is 0. The number of aromatic amines is 1. The quantitative estimate of drug-likeness (QED) is 0.647. The van der Waals surface area contributed by atoms with E-state index in [4.69, 9.17) is 5.73 Å². The van der Waals surface area contributed by atoms with Crippen molar-refractivity contribution in [2.45, 2.75) is 25.3 Å². The number of anilines is 2. The summed E-state index contributed by atoms with van der Waals surface area (Å²) in [4.78, 5) is 9.19. The van der Waals surface area contributed by atoms with Crippen LogP contribution in [0.15, 0.2) is 18.3 Å². The molecular formula is C13H19N7. The Hall–Kier alpha value is -1.99. The van der Waals surface area contributed by atoms with E-state index in [2.05, 4.69) is 37.7 Å². The van der Waals surface area contributed by atoms with Crippen molar-refractivity contribution in [3.63, 3.8) is 0 Å². The molecule has 3 heterocycles. The summed E-state index contributed by atoms with van der Waals surface area (Å²) < 4.78 is 0. The van der Waals surface area contributed by atoms with Crippen molar-refractivity contribution in [2.24, 2.45) is 5.73 Å². The standard InChI is InChI=1S/C13H19N7/c1-8-5-11(18-10-3-4-16-20-10)19-12(17-8)13(2)7-15-6-9(13)14/h3-5,9,15H,6-7,14H2,1-2H3,(H2,16,17,18,19,20)/t9-,13-/m1/s1. The minimum atomic E-state index is -0.240. The second-order valence-electron chi connectivity index (χ2n) is 5.47. The van der Waals surface area contributed by atoms with Crippen molar-refractivity contribution in [3.05, 3.63) is 29.8 Å². The van der Waals surface area contributed by atoms with Crippen LogP contribution in [0.5, 0.6) is 0 Å². The van der Waals surface area contributed by atoms with E-state index in [0.717, 1.165) is 36.2 Å². The van der Waals surface area contributed by atoms with E-state index in [0.29, 0.717) is 0 Å². The van der Waals surface area contributed by atoms with Crippen LogP contribution in [0.1, 0.15) is 18.4 Å². The van der Waals surface area contributed by atoms with Gasteiger partial charge in [0.25, 0.3) is 0 Å². The fourth-order valence-electron chi connectivity index (χ4n) is 2.44. The molecule has 0 spiro atoms. The lowest BCUT2D eigenvalue weighted by molar-refractivity contribution is 0.434. The number of hydrogen-bond acceptors (Lipinski definition) is 6. The van der Waals surface area contributed by atoms with Crippen molar-refractivity contribution in [3.8, 4) is 0 Å². The van der Waals surface area contributed by atoms with Crippen LogP contribution in [-0.2, 0) is 5.41 Å². The summed E-state index contributed by atoms with van der Waals surface area (Å²) in [6, 6.07) is 3.77. The number of H-pyrrole nitrogens is 1. The molecule has 0 saturated carbocycles. The maximum absolute atomic E-state index is 6.20. The number of aromatic nitrogens is 4. The first-order chi connectivity index (χ1) is 9.58. The van der Waals surface area contributed by atoms with E-state index in [1.54, 1.807) is 6.20 Å². The zero-order valence-electron chi connectivity index (χ0n) is 11.6. The predicted molar refractivity (Wildman–Crippen MR) is 76.8 cm³/mol. The van der Waals surface area contributed by atoms with Crippen LogP contribution in [0.2, 0.25) is 0 Å². The van der Waals surface area contributed by atoms with Crippen LogP contribution >= 0.6 is 0 Å². The average Bonchev–Trinajstić information content (AvgIpc) is 3.01. The summed E-state index contributed by atoms with van der Waals surface area (Å²) in [5.41, 5.74) is 6.88. The number of nitrogens with zero attached hydrogens (tertiary/aromatic N) is 3. The van der Waals surface area contributed by atoms with E-state index in [1.165, 1.54) is 0 Å². The molecule has 7 heteroatoms. The summed E-state index contributed by atoms with van der Waals surface area (Å²) >= 11 is 0. The highest BCUT2D eigenvalue weighted by Gasteiger charge is 2.40. The Labute approximate surface area is 117 Å². The van der Waals surface area contributed by atoms with Gasteiger partial charge in [-0.1, -0.05) is 0 Å². The van der Waals surface area contributed by atoms with Gasteiger partial charge in [0.1, 0.15) is 17.5 Å². The first-order valence-electron chi connectivity index (χ1n) is 6.67. The Morgan fingerprint density at radius 1 is 1.45 bits per heavy atom. The summed E-state index contributed by atoms with van der Waals surface area (Å²) in [5.74, 6) is 2.32. The Bertz CT molecular complexity index is 595. The molecule has 1 fully saturated rings. The summed E-state index contributed by atoms with van der Waals surface area (Å²) in [5, 5.41) is 13.3. The number of hydrogen-bond donors (Lipinski definition) is 4. The zero-order valence-corrected chi connectivity index (χ0v) is 11.6. The number of aryl methyl sites for hydroxylation is 1. The van der Waals surface area contributed by atoms with Gasteiger partial charge in [0.2, 0.25) is 0 Å². The summed E-state index contributed by atoms with van der Waals surface area (Å²) in [6.45, 7) is 5.64. The third kappa shape index (κ3) is 2.25. The first-order valence-corrected chi connectivity index (χ1v) is 6.67.